The van der Waals surface area contributed by atoms with E-state index in [0.29, 0.717) is 17.9 Å². The molecule has 4 rings (SSSR count). The van der Waals surface area contributed by atoms with Gasteiger partial charge in [-0.15, -0.1) is 15.3 Å². The highest BCUT2D eigenvalue weighted by Gasteiger charge is 2.38. The zero-order chi connectivity index (χ0) is 19.9. The monoisotopic (exact) mass is 391 g/mol. The summed E-state index contributed by atoms with van der Waals surface area (Å²) in [5.74, 6) is 0.177. The third-order valence-electron chi connectivity index (χ3n) is 5.05. The topological polar surface area (TPSA) is 71.2 Å². The number of aryl methyl sites for hydroxylation is 1. The molecule has 1 aliphatic heterocycles. The van der Waals surface area contributed by atoms with Gasteiger partial charge in [-0.1, -0.05) is 6.07 Å². The van der Waals surface area contributed by atoms with Gasteiger partial charge in [0, 0.05) is 31.4 Å². The third kappa shape index (κ3) is 3.34. The van der Waals surface area contributed by atoms with E-state index in [1.165, 1.54) is 12.8 Å². The van der Waals surface area contributed by atoms with Gasteiger partial charge in [-0.2, -0.15) is 17.7 Å². The molecule has 0 radical (unpaired) electrons. The van der Waals surface area contributed by atoms with Crippen LogP contribution in [0.3, 0.4) is 0 Å². The molecule has 0 aromatic carbocycles. The molecule has 28 heavy (non-hydrogen) atoms. The van der Waals surface area contributed by atoms with Crippen molar-refractivity contribution >= 4 is 17.3 Å². The van der Waals surface area contributed by atoms with E-state index < -0.39 is 12.0 Å². The van der Waals surface area contributed by atoms with Gasteiger partial charge in [0.05, 0.1) is 0 Å². The van der Waals surface area contributed by atoms with Crippen molar-refractivity contribution < 1.29 is 13.2 Å². The Bertz CT molecular complexity index is 989. The van der Waals surface area contributed by atoms with Crippen LogP contribution < -0.4 is 10.2 Å². The normalized spacial score (nSPS) is 14.8. The molecule has 0 atom stereocenters. The zero-order valence-electron chi connectivity index (χ0n) is 15.6. The fourth-order valence-corrected chi connectivity index (χ4v) is 3.31. The first-order valence-electron chi connectivity index (χ1n) is 9.08. The SMILES string of the molecule is Cc1c(NCc2ccc(N3CCCC3)nc2)nn2c(C(F)(F)F)nnc2c1C. The van der Waals surface area contributed by atoms with E-state index in [1.807, 2.05) is 12.1 Å². The van der Waals surface area contributed by atoms with Crippen molar-refractivity contribution in [1.82, 2.24) is 24.8 Å². The molecule has 1 fully saturated rings. The number of fused-ring (bicyclic) bond motifs is 1. The van der Waals surface area contributed by atoms with Crippen molar-refractivity contribution in [3.63, 3.8) is 0 Å². The number of hydrogen-bond acceptors (Lipinski definition) is 6. The summed E-state index contributed by atoms with van der Waals surface area (Å²) in [6.07, 6.45) is -0.483. The van der Waals surface area contributed by atoms with E-state index in [0.717, 1.165) is 34.5 Å². The van der Waals surface area contributed by atoms with E-state index in [2.05, 4.69) is 30.5 Å². The van der Waals surface area contributed by atoms with Gasteiger partial charge in [0.2, 0.25) is 0 Å². The van der Waals surface area contributed by atoms with Gasteiger partial charge < -0.3 is 10.2 Å². The van der Waals surface area contributed by atoms with Crippen LogP contribution in [-0.2, 0) is 12.7 Å². The quantitative estimate of drug-likeness (QED) is 0.735. The van der Waals surface area contributed by atoms with Crippen LogP contribution in [0, 0.1) is 13.8 Å². The second-order valence-electron chi connectivity index (χ2n) is 6.93. The van der Waals surface area contributed by atoms with Gasteiger partial charge in [0.25, 0.3) is 5.82 Å². The molecule has 10 heteroatoms. The van der Waals surface area contributed by atoms with Crippen LogP contribution in [0.25, 0.3) is 5.65 Å². The van der Waals surface area contributed by atoms with E-state index >= 15 is 0 Å². The Balaban J connectivity index is 1.56. The summed E-state index contributed by atoms with van der Waals surface area (Å²) in [5.41, 5.74) is 2.35. The van der Waals surface area contributed by atoms with Crippen LogP contribution in [-0.4, -0.2) is 37.9 Å². The fourth-order valence-electron chi connectivity index (χ4n) is 3.31. The molecule has 0 aliphatic carbocycles. The first-order chi connectivity index (χ1) is 13.3. The number of nitrogens with one attached hydrogen (secondary N) is 1. The molecule has 1 N–H and O–H groups in total. The molecule has 0 unspecified atom stereocenters. The molecule has 3 aromatic rings. The van der Waals surface area contributed by atoms with Crippen LogP contribution in [0.4, 0.5) is 24.8 Å². The molecule has 0 bridgehead atoms. The van der Waals surface area contributed by atoms with E-state index in [1.54, 1.807) is 20.0 Å². The van der Waals surface area contributed by atoms with Gasteiger partial charge >= 0.3 is 6.18 Å². The Morgan fingerprint density at radius 2 is 1.82 bits per heavy atom. The Labute approximate surface area is 159 Å². The van der Waals surface area contributed by atoms with Crippen molar-refractivity contribution in [2.45, 2.75) is 39.4 Å². The summed E-state index contributed by atoms with van der Waals surface area (Å²) < 4.78 is 40.2. The second kappa shape index (κ2) is 6.92. The first-order valence-corrected chi connectivity index (χ1v) is 9.08. The lowest BCUT2D eigenvalue weighted by Crippen LogP contribution is -2.19. The molecule has 1 saturated heterocycles. The van der Waals surface area contributed by atoms with Crippen molar-refractivity contribution in [1.29, 1.82) is 0 Å². The minimum Gasteiger partial charge on any atom is -0.364 e. The third-order valence-corrected chi connectivity index (χ3v) is 5.05. The highest BCUT2D eigenvalue weighted by molar-refractivity contribution is 5.58. The maximum atomic E-state index is 13.1. The molecule has 1 aliphatic rings. The zero-order valence-corrected chi connectivity index (χ0v) is 15.6. The first kappa shape index (κ1) is 18.5. The highest BCUT2D eigenvalue weighted by Crippen LogP contribution is 2.29. The molecule has 7 nitrogen and oxygen atoms in total. The lowest BCUT2D eigenvalue weighted by atomic mass is 10.2. The number of halogens is 3. The molecule has 4 heterocycles. The summed E-state index contributed by atoms with van der Waals surface area (Å²) in [4.78, 5) is 6.73. The number of hydrogen-bond donors (Lipinski definition) is 1. The summed E-state index contributed by atoms with van der Waals surface area (Å²) in [7, 11) is 0. The number of alkyl halides is 3. The molecular weight excluding hydrogens is 371 g/mol. The van der Waals surface area contributed by atoms with Crippen molar-refractivity contribution in [2.24, 2.45) is 0 Å². The smallest absolute Gasteiger partial charge is 0.364 e. The average Bonchev–Trinajstić information content (AvgIpc) is 3.33. The van der Waals surface area contributed by atoms with Crippen LogP contribution in [0.5, 0.6) is 0 Å². The summed E-state index contributed by atoms with van der Waals surface area (Å²) in [6, 6.07) is 3.94. The summed E-state index contributed by atoms with van der Waals surface area (Å²) in [6.45, 7) is 5.94. The van der Waals surface area contributed by atoms with Gasteiger partial charge in [-0.05, 0) is 43.9 Å². The van der Waals surface area contributed by atoms with Crippen LogP contribution in [0.15, 0.2) is 18.3 Å². The number of rotatable bonds is 4. The molecule has 148 valence electrons. The van der Waals surface area contributed by atoms with Gasteiger partial charge in [0.15, 0.2) is 11.5 Å². The number of pyridine rings is 1. The fraction of sp³-hybridized carbons (Fsp3) is 0.444. The molecule has 0 spiro atoms. The maximum absolute atomic E-state index is 13.1. The van der Waals surface area contributed by atoms with Gasteiger partial charge in [0.1, 0.15) is 5.82 Å². The predicted octanol–water partition coefficient (Wildman–Crippen LogP) is 3.37. The van der Waals surface area contributed by atoms with Crippen LogP contribution >= 0.6 is 0 Å². The minimum atomic E-state index is -4.62. The Morgan fingerprint density at radius 3 is 2.46 bits per heavy atom. The maximum Gasteiger partial charge on any atom is 0.453 e. The molecule has 0 amide bonds. The lowest BCUT2D eigenvalue weighted by Gasteiger charge is -2.16. The summed E-state index contributed by atoms with van der Waals surface area (Å²) >= 11 is 0. The van der Waals surface area contributed by atoms with Crippen molar-refractivity contribution in [3.8, 4) is 0 Å². The Morgan fingerprint density at radius 1 is 1.07 bits per heavy atom. The van der Waals surface area contributed by atoms with Gasteiger partial charge in [-0.25, -0.2) is 4.98 Å². The lowest BCUT2D eigenvalue weighted by molar-refractivity contribution is -0.146. The average molecular weight is 391 g/mol. The Hall–Kier alpha value is -2.91. The minimum absolute atomic E-state index is 0.104. The standard InChI is InChI=1S/C18H20F3N7/c1-11-12(2)16-24-25-17(18(19,20)21)28(16)26-15(11)23-10-13-5-6-14(22-9-13)27-7-3-4-8-27/h5-6,9H,3-4,7-8,10H2,1-2H3,(H,23,26). The number of nitrogens with zero attached hydrogens (tertiary/aromatic N) is 6. The Kier molecular flexibility index (Phi) is 4.56. The van der Waals surface area contributed by atoms with Crippen LogP contribution in [0.2, 0.25) is 0 Å². The van der Waals surface area contributed by atoms with Crippen LogP contribution in [0.1, 0.15) is 35.4 Å². The molecule has 3 aromatic heterocycles. The number of anilines is 2. The second-order valence-corrected chi connectivity index (χ2v) is 6.93. The van der Waals surface area contributed by atoms with E-state index in [-0.39, 0.29) is 5.65 Å². The number of aromatic nitrogens is 5. The van der Waals surface area contributed by atoms with Crippen molar-refractivity contribution in [2.75, 3.05) is 23.3 Å². The van der Waals surface area contributed by atoms with Crippen molar-refractivity contribution in [3.05, 3.63) is 40.8 Å². The van der Waals surface area contributed by atoms with E-state index in [9.17, 15) is 13.2 Å². The largest absolute Gasteiger partial charge is 0.453 e. The highest BCUT2D eigenvalue weighted by atomic mass is 19.4. The van der Waals surface area contributed by atoms with E-state index in [4.69, 9.17) is 0 Å². The summed E-state index contributed by atoms with van der Waals surface area (Å²) in [5, 5.41) is 14.1. The molecule has 0 saturated carbocycles. The molecular formula is C18H20F3N7. The van der Waals surface area contributed by atoms with Gasteiger partial charge in [-0.3, -0.25) is 0 Å². The predicted molar refractivity (Wildman–Crippen MR) is 98.3 cm³/mol.